The molecule has 3 aromatic rings. The average molecular weight is 463 g/mol. The highest BCUT2D eigenvalue weighted by Gasteiger charge is 2.43. The molecule has 1 aromatic heterocycles. The second kappa shape index (κ2) is 9.21. The van der Waals surface area contributed by atoms with Crippen LogP contribution in [0, 0.1) is 5.41 Å². The van der Waals surface area contributed by atoms with E-state index in [1.165, 1.54) is 4.90 Å². The van der Waals surface area contributed by atoms with Crippen molar-refractivity contribution in [3.05, 3.63) is 66.4 Å². The predicted octanol–water partition coefficient (Wildman–Crippen LogP) is 5.17. The molecule has 8 nitrogen and oxygen atoms in total. The van der Waals surface area contributed by atoms with Gasteiger partial charge in [0.1, 0.15) is 17.2 Å². The molecule has 2 heterocycles. The molecule has 0 aliphatic carbocycles. The summed E-state index contributed by atoms with van der Waals surface area (Å²) < 4.78 is 7.59. The summed E-state index contributed by atoms with van der Waals surface area (Å²) in [5, 5.41) is 14.6. The second-order valence-electron chi connectivity index (χ2n) is 9.67. The zero-order chi connectivity index (χ0) is 24.5. The lowest BCUT2D eigenvalue weighted by atomic mass is 9.78. The van der Waals surface area contributed by atoms with Crippen LogP contribution in [0.1, 0.15) is 50.0 Å². The lowest BCUT2D eigenvalue weighted by Gasteiger charge is -2.46. The molecule has 178 valence electrons. The fraction of sp³-hybridized carbons (Fsp3) is 0.346. The Kier molecular flexibility index (Phi) is 6.32. The summed E-state index contributed by atoms with van der Waals surface area (Å²) in [5.41, 5.74) is 6.88. The van der Waals surface area contributed by atoms with Crippen molar-refractivity contribution >= 4 is 12.0 Å². The Bertz CT molecular complexity index is 1170. The van der Waals surface area contributed by atoms with Crippen molar-refractivity contribution in [2.45, 2.75) is 45.7 Å². The molecule has 2 amide bonds. The Morgan fingerprint density at radius 2 is 1.71 bits per heavy atom. The number of rotatable bonds is 5. The molecule has 0 saturated carbocycles. The van der Waals surface area contributed by atoms with Gasteiger partial charge < -0.3 is 20.5 Å². The summed E-state index contributed by atoms with van der Waals surface area (Å²) in [6.07, 6.45) is 2.19. The highest BCUT2D eigenvalue weighted by atomic mass is 16.5. The first-order valence-corrected chi connectivity index (χ1v) is 11.4. The lowest BCUT2D eigenvalue weighted by Crippen LogP contribution is -2.54. The number of likely N-dealkylation sites (tertiary alicyclic amines) is 1. The predicted molar refractivity (Wildman–Crippen MR) is 129 cm³/mol. The van der Waals surface area contributed by atoms with Crippen LogP contribution < -0.4 is 10.5 Å². The van der Waals surface area contributed by atoms with Crippen molar-refractivity contribution in [3.63, 3.8) is 0 Å². The van der Waals surface area contributed by atoms with Gasteiger partial charge in [0, 0.05) is 18.3 Å². The lowest BCUT2D eigenvalue weighted by molar-refractivity contribution is 0.0237. The summed E-state index contributed by atoms with van der Waals surface area (Å²) in [5.74, 6) is 0.808. The molecule has 0 spiro atoms. The Morgan fingerprint density at radius 1 is 1.06 bits per heavy atom. The van der Waals surface area contributed by atoms with E-state index in [2.05, 4.69) is 0 Å². The number of nitrogens with zero attached hydrogens (tertiary/aromatic N) is 3. The molecule has 1 saturated heterocycles. The molecule has 8 heteroatoms. The van der Waals surface area contributed by atoms with Crippen molar-refractivity contribution in [2.75, 3.05) is 6.54 Å². The van der Waals surface area contributed by atoms with Gasteiger partial charge in [-0.05, 0) is 54.7 Å². The zero-order valence-electron chi connectivity index (χ0n) is 19.6. The average Bonchev–Trinajstić information content (AvgIpc) is 3.25. The number of hydrogen-bond donors (Lipinski definition) is 2. The first-order valence-electron chi connectivity index (χ1n) is 11.4. The molecule has 34 heavy (non-hydrogen) atoms. The first-order chi connectivity index (χ1) is 16.1. The standard InChI is InChI=1S/C26H30N4O4/c1-26(2,3)23-21(10-7-15-29(23)25(32)33)30-16-20(24(27)31)22(28-30)17-11-13-19(14-12-17)34-18-8-5-4-6-9-18/h4-6,8-9,11-14,16,21,23H,7,10,15H2,1-3H3,(H2,27,31)(H,32,33). The number of primary amides is 1. The highest BCUT2D eigenvalue weighted by Crippen LogP contribution is 2.39. The smallest absolute Gasteiger partial charge is 0.407 e. The maximum atomic E-state index is 12.3. The Balaban J connectivity index is 1.68. The number of carbonyl (C=O) groups is 2. The van der Waals surface area contributed by atoms with Crippen LogP contribution in [0.4, 0.5) is 4.79 Å². The molecule has 1 fully saturated rings. The number of hydrogen-bond acceptors (Lipinski definition) is 4. The van der Waals surface area contributed by atoms with Gasteiger partial charge in [-0.15, -0.1) is 0 Å². The number of carboxylic acid groups (broad SMARTS) is 1. The van der Waals surface area contributed by atoms with E-state index in [0.717, 1.165) is 24.2 Å². The van der Waals surface area contributed by atoms with Crippen LogP contribution >= 0.6 is 0 Å². The zero-order valence-corrected chi connectivity index (χ0v) is 19.6. The van der Waals surface area contributed by atoms with Crippen LogP contribution in [0.15, 0.2) is 60.8 Å². The Hall–Kier alpha value is -3.81. The molecule has 1 aliphatic rings. The Labute approximate surface area is 198 Å². The van der Waals surface area contributed by atoms with Crippen molar-refractivity contribution < 1.29 is 19.4 Å². The maximum absolute atomic E-state index is 12.3. The first kappa shape index (κ1) is 23.4. The maximum Gasteiger partial charge on any atom is 0.407 e. The van der Waals surface area contributed by atoms with Crippen molar-refractivity contribution in [3.8, 4) is 22.8 Å². The largest absolute Gasteiger partial charge is 0.465 e. The van der Waals surface area contributed by atoms with E-state index in [9.17, 15) is 14.7 Å². The van der Waals surface area contributed by atoms with Crippen molar-refractivity contribution in [1.29, 1.82) is 0 Å². The van der Waals surface area contributed by atoms with E-state index in [1.54, 1.807) is 10.9 Å². The molecule has 1 aliphatic heterocycles. The van der Waals surface area contributed by atoms with Gasteiger partial charge in [0.2, 0.25) is 0 Å². The number of amides is 2. The van der Waals surface area contributed by atoms with Gasteiger partial charge in [-0.1, -0.05) is 39.0 Å². The molecule has 4 rings (SSSR count). The normalized spacial score (nSPS) is 18.5. The van der Waals surface area contributed by atoms with Crippen LogP contribution in [0.5, 0.6) is 11.5 Å². The topological polar surface area (TPSA) is 111 Å². The minimum Gasteiger partial charge on any atom is -0.465 e. The highest BCUT2D eigenvalue weighted by molar-refractivity contribution is 5.98. The van der Waals surface area contributed by atoms with Crippen LogP contribution in [0.3, 0.4) is 0 Å². The summed E-state index contributed by atoms with van der Waals surface area (Å²) in [6.45, 7) is 6.55. The number of benzene rings is 2. The number of ether oxygens (including phenoxy) is 1. The van der Waals surface area contributed by atoms with Gasteiger partial charge in [-0.2, -0.15) is 5.10 Å². The molecular formula is C26H30N4O4. The second-order valence-corrected chi connectivity index (χ2v) is 9.67. The van der Waals surface area contributed by atoms with Crippen LogP contribution in [-0.2, 0) is 0 Å². The minimum absolute atomic E-state index is 0.211. The SMILES string of the molecule is CC(C)(C)C1C(n2cc(C(N)=O)c(-c3ccc(Oc4ccccc4)cc3)n2)CCCN1C(=O)O. The quantitative estimate of drug-likeness (QED) is 0.543. The van der Waals surface area contributed by atoms with Crippen LogP contribution in [-0.4, -0.2) is 44.4 Å². The van der Waals surface area contributed by atoms with E-state index < -0.39 is 12.0 Å². The third-order valence-corrected chi connectivity index (χ3v) is 6.18. The van der Waals surface area contributed by atoms with E-state index >= 15 is 0 Å². The third kappa shape index (κ3) is 4.76. The minimum atomic E-state index is -0.943. The van der Waals surface area contributed by atoms with E-state index in [0.29, 0.717) is 23.6 Å². The summed E-state index contributed by atoms with van der Waals surface area (Å²) >= 11 is 0. The fourth-order valence-electron chi connectivity index (χ4n) is 4.77. The Morgan fingerprint density at radius 3 is 2.29 bits per heavy atom. The molecule has 0 radical (unpaired) electrons. The number of aromatic nitrogens is 2. The molecule has 3 N–H and O–H groups in total. The molecule has 2 unspecified atom stereocenters. The molecular weight excluding hydrogens is 432 g/mol. The number of para-hydroxylation sites is 1. The number of piperidine rings is 1. The van der Waals surface area contributed by atoms with Gasteiger partial charge in [0.25, 0.3) is 5.91 Å². The third-order valence-electron chi connectivity index (χ3n) is 6.18. The van der Waals surface area contributed by atoms with Gasteiger partial charge in [-0.3, -0.25) is 9.48 Å². The van der Waals surface area contributed by atoms with E-state index in [4.69, 9.17) is 15.6 Å². The molecule has 0 bridgehead atoms. The van der Waals surface area contributed by atoms with Gasteiger partial charge in [-0.25, -0.2) is 4.79 Å². The monoisotopic (exact) mass is 462 g/mol. The van der Waals surface area contributed by atoms with Crippen LogP contribution in [0.2, 0.25) is 0 Å². The van der Waals surface area contributed by atoms with Gasteiger partial charge >= 0.3 is 6.09 Å². The number of carbonyl (C=O) groups excluding carboxylic acids is 1. The fourth-order valence-corrected chi connectivity index (χ4v) is 4.77. The van der Waals surface area contributed by atoms with Gasteiger partial charge in [0.15, 0.2) is 0 Å². The summed E-state index contributed by atoms with van der Waals surface area (Å²) in [6, 6.07) is 16.3. The van der Waals surface area contributed by atoms with Crippen molar-refractivity contribution in [2.24, 2.45) is 11.1 Å². The van der Waals surface area contributed by atoms with Crippen LogP contribution in [0.25, 0.3) is 11.3 Å². The summed E-state index contributed by atoms with van der Waals surface area (Å²) in [7, 11) is 0. The van der Waals surface area contributed by atoms with Gasteiger partial charge in [0.05, 0.1) is 17.6 Å². The molecule has 2 atom stereocenters. The van der Waals surface area contributed by atoms with Crippen molar-refractivity contribution in [1.82, 2.24) is 14.7 Å². The number of nitrogens with two attached hydrogens (primary N) is 1. The summed E-state index contributed by atoms with van der Waals surface area (Å²) in [4.78, 5) is 25.7. The molecule has 2 aromatic carbocycles. The van der Waals surface area contributed by atoms with E-state index in [1.807, 2.05) is 75.4 Å². The van der Waals surface area contributed by atoms with E-state index in [-0.39, 0.29) is 17.5 Å².